The maximum absolute atomic E-state index is 12.5. The Morgan fingerprint density at radius 3 is 2.62 bits per heavy atom. The van der Waals surface area contributed by atoms with E-state index in [-0.39, 0.29) is 5.91 Å². The fourth-order valence-electron chi connectivity index (χ4n) is 2.56. The van der Waals surface area contributed by atoms with Crippen LogP contribution in [0.5, 0.6) is 0 Å². The number of likely N-dealkylation sites (tertiary alicyclic amines) is 1. The van der Waals surface area contributed by atoms with Gasteiger partial charge in [-0.2, -0.15) is 11.8 Å². The van der Waals surface area contributed by atoms with Crippen LogP contribution in [0, 0.1) is 0 Å². The molecule has 1 aromatic carbocycles. The summed E-state index contributed by atoms with van der Waals surface area (Å²) in [5, 5.41) is 9.25. The molecule has 0 aromatic heterocycles. The van der Waals surface area contributed by atoms with Crippen LogP contribution in [0.3, 0.4) is 0 Å². The van der Waals surface area contributed by atoms with Gasteiger partial charge in [-0.05, 0) is 42.7 Å². The lowest BCUT2D eigenvalue weighted by Gasteiger charge is -2.33. The van der Waals surface area contributed by atoms with Crippen molar-refractivity contribution in [2.75, 3.05) is 12.3 Å². The summed E-state index contributed by atoms with van der Waals surface area (Å²) in [4.78, 5) is 25.3. The summed E-state index contributed by atoms with van der Waals surface area (Å²) in [6.45, 7) is 2.65. The van der Waals surface area contributed by atoms with Crippen LogP contribution in [0.4, 0.5) is 0 Å². The molecule has 0 spiro atoms. The number of nitrogens with zero attached hydrogens (tertiary/aromatic N) is 1. The average molecular weight is 307 g/mol. The number of carboxylic acids is 1. The molecule has 5 heteroatoms. The highest BCUT2D eigenvalue weighted by atomic mass is 32.2. The Morgan fingerprint density at radius 2 is 2.00 bits per heavy atom. The molecule has 4 nitrogen and oxygen atoms in total. The number of hydrogen-bond donors (Lipinski definition) is 1. The molecule has 0 unspecified atom stereocenters. The monoisotopic (exact) mass is 307 g/mol. The minimum absolute atomic E-state index is 0.170. The van der Waals surface area contributed by atoms with E-state index in [0.29, 0.717) is 18.5 Å². The fraction of sp³-hybridized carbons (Fsp3) is 0.500. The van der Waals surface area contributed by atoms with Crippen molar-refractivity contribution in [1.29, 1.82) is 0 Å². The maximum Gasteiger partial charge on any atom is 0.326 e. The summed E-state index contributed by atoms with van der Waals surface area (Å²) in [6.07, 6.45) is 2.29. The van der Waals surface area contributed by atoms with Crippen molar-refractivity contribution in [1.82, 2.24) is 4.90 Å². The second kappa shape index (κ2) is 7.50. The first-order valence-corrected chi connectivity index (χ1v) is 8.49. The fourth-order valence-corrected chi connectivity index (χ4v) is 3.19. The SMILES string of the molecule is CCSCc1ccc(C(=O)N2CCCC[C@@H]2C(=O)O)cc1. The first kappa shape index (κ1) is 15.9. The number of carbonyl (C=O) groups is 2. The molecule has 1 aromatic rings. The van der Waals surface area contributed by atoms with E-state index in [2.05, 4.69) is 6.92 Å². The summed E-state index contributed by atoms with van der Waals surface area (Å²) < 4.78 is 0. The highest BCUT2D eigenvalue weighted by Crippen LogP contribution is 2.21. The number of carboxylic acid groups (broad SMARTS) is 1. The van der Waals surface area contributed by atoms with Crippen molar-refractivity contribution in [2.24, 2.45) is 0 Å². The standard InChI is InChI=1S/C16H21NO3S/c1-2-21-11-12-6-8-13(9-7-12)15(18)17-10-4-3-5-14(17)16(19)20/h6-9,14H,2-5,10-11H2,1H3,(H,19,20)/t14-/m1/s1. The third-order valence-corrected chi connectivity index (χ3v) is 4.67. The van der Waals surface area contributed by atoms with E-state index in [0.717, 1.165) is 24.3 Å². The van der Waals surface area contributed by atoms with E-state index in [9.17, 15) is 14.7 Å². The number of amides is 1. The molecule has 1 atom stereocenters. The van der Waals surface area contributed by atoms with Crippen molar-refractivity contribution in [3.8, 4) is 0 Å². The summed E-state index contributed by atoms with van der Waals surface area (Å²) in [6, 6.07) is 6.84. The van der Waals surface area contributed by atoms with Crippen LogP contribution < -0.4 is 0 Å². The van der Waals surface area contributed by atoms with Gasteiger partial charge in [-0.1, -0.05) is 19.1 Å². The van der Waals surface area contributed by atoms with Gasteiger partial charge in [0.15, 0.2) is 0 Å². The number of aliphatic carboxylic acids is 1. The summed E-state index contributed by atoms with van der Waals surface area (Å²) >= 11 is 1.83. The van der Waals surface area contributed by atoms with Gasteiger partial charge in [-0.25, -0.2) is 4.79 Å². The number of benzene rings is 1. The average Bonchev–Trinajstić information content (AvgIpc) is 2.52. The Hall–Kier alpha value is -1.49. The van der Waals surface area contributed by atoms with Crippen LogP contribution in [0.25, 0.3) is 0 Å². The van der Waals surface area contributed by atoms with Crippen molar-refractivity contribution >= 4 is 23.6 Å². The van der Waals surface area contributed by atoms with Gasteiger partial charge in [0.1, 0.15) is 6.04 Å². The van der Waals surface area contributed by atoms with Crippen LogP contribution in [0.1, 0.15) is 42.1 Å². The molecule has 1 N–H and O–H groups in total. The zero-order valence-electron chi connectivity index (χ0n) is 12.2. The normalized spacial score (nSPS) is 18.5. The Kier molecular flexibility index (Phi) is 5.67. The van der Waals surface area contributed by atoms with Gasteiger partial charge in [0.25, 0.3) is 5.91 Å². The molecule has 2 rings (SSSR count). The van der Waals surface area contributed by atoms with Gasteiger partial charge in [0.05, 0.1) is 0 Å². The number of rotatable bonds is 5. The number of thioether (sulfide) groups is 1. The number of piperidine rings is 1. The van der Waals surface area contributed by atoms with Crippen molar-refractivity contribution in [2.45, 2.75) is 38.0 Å². The van der Waals surface area contributed by atoms with E-state index in [1.807, 2.05) is 23.9 Å². The van der Waals surface area contributed by atoms with Gasteiger partial charge in [0.2, 0.25) is 0 Å². The Bertz CT molecular complexity index is 501. The molecule has 0 radical (unpaired) electrons. The number of hydrogen-bond acceptors (Lipinski definition) is 3. The second-order valence-corrected chi connectivity index (χ2v) is 6.46. The minimum Gasteiger partial charge on any atom is -0.480 e. The molecule has 0 saturated carbocycles. The van der Waals surface area contributed by atoms with Gasteiger partial charge < -0.3 is 10.0 Å². The van der Waals surface area contributed by atoms with Crippen LogP contribution in [-0.2, 0) is 10.5 Å². The van der Waals surface area contributed by atoms with E-state index >= 15 is 0 Å². The maximum atomic E-state index is 12.5. The highest BCUT2D eigenvalue weighted by Gasteiger charge is 2.32. The van der Waals surface area contributed by atoms with E-state index in [1.165, 1.54) is 10.5 Å². The molecule has 1 heterocycles. The van der Waals surface area contributed by atoms with Crippen molar-refractivity contribution in [3.63, 3.8) is 0 Å². The van der Waals surface area contributed by atoms with E-state index < -0.39 is 12.0 Å². The molecule has 0 aliphatic carbocycles. The van der Waals surface area contributed by atoms with Gasteiger partial charge in [0, 0.05) is 17.9 Å². The van der Waals surface area contributed by atoms with Crippen LogP contribution in [0.15, 0.2) is 24.3 Å². The topological polar surface area (TPSA) is 57.6 Å². The molecule has 1 saturated heterocycles. The summed E-state index contributed by atoms with van der Waals surface area (Å²) in [7, 11) is 0. The largest absolute Gasteiger partial charge is 0.480 e. The molecule has 1 amide bonds. The second-order valence-electron chi connectivity index (χ2n) is 5.18. The smallest absolute Gasteiger partial charge is 0.326 e. The van der Waals surface area contributed by atoms with Crippen molar-refractivity contribution < 1.29 is 14.7 Å². The number of carbonyl (C=O) groups excluding carboxylic acids is 1. The quantitative estimate of drug-likeness (QED) is 0.908. The van der Waals surface area contributed by atoms with Crippen LogP contribution in [0.2, 0.25) is 0 Å². The zero-order chi connectivity index (χ0) is 15.2. The van der Waals surface area contributed by atoms with Gasteiger partial charge >= 0.3 is 5.97 Å². The molecule has 1 aliphatic heterocycles. The minimum atomic E-state index is -0.904. The van der Waals surface area contributed by atoms with Gasteiger partial charge in [-0.3, -0.25) is 4.79 Å². The van der Waals surface area contributed by atoms with E-state index in [4.69, 9.17) is 0 Å². The third-order valence-electron chi connectivity index (χ3n) is 3.72. The lowest BCUT2D eigenvalue weighted by molar-refractivity contribution is -0.143. The van der Waals surface area contributed by atoms with Crippen LogP contribution >= 0.6 is 11.8 Å². The molecule has 0 bridgehead atoms. The lowest BCUT2D eigenvalue weighted by atomic mass is 10.0. The van der Waals surface area contributed by atoms with Crippen molar-refractivity contribution in [3.05, 3.63) is 35.4 Å². The first-order valence-electron chi connectivity index (χ1n) is 7.34. The molecule has 21 heavy (non-hydrogen) atoms. The molecule has 1 aliphatic rings. The van der Waals surface area contributed by atoms with E-state index in [1.54, 1.807) is 12.1 Å². The van der Waals surface area contributed by atoms with Crippen LogP contribution in [-0.4, -0.2) is 40.2 Å². The molecule has 1 fully saturated rings. The first-order chi connectivity index (χ1) is 10.1. The predicted molar refractivity (Wildman–Crippen MR) is 84.6 cm³/mol. The molecular formula is C16H21NO3S. The Labute approximate surface area is 129 Å². The van der Waals surface area contributed by atoms with Gasteiger partial charge in [-0.15, -0.1) is 0 Å². The molecule has 114 valence electrons. The molecular weight excluding hydrogens is 286 g/mol. The zero-order valence-corrected chi connectivity index (χ0v) is 13.1. The summed E-state index contributed by atoms with van der Waals surface area (Å²) in [5.74, 6) is 0.928. The Morgan fingerprint density at radius 1 is 1.29 bits per heavy atom. The predicted octanol–water partition coefficient (Wildman–Crippen LogP) is 3.02. The highest BCUT2D eigenvalue weighted by molar-refractivity contribution is 7.98. The third kappa shape index (κ3) is 4.00. The Balaban J connectivity index is 2.09. The lowest BCUT2D eigenvalue weighted by Crippen LogP contribution is -2.47. The summed E-state index contributed by atoms with van der Waals surface area (Å²) in [5.41, 5.74) is 1.76.